The molecule has 0 spiro atoms. The number of amides is 1. The third kappa shape index (κ3) is 3.46. The Morgan fingerprint density at radius 1 is 1.14 bits per heavy atom. The number of rotatable bonds is 5. The summed E-state index contributed by atoms with van der Waals surface area (Å²) in [6, 6.07) is 8.51. The Balaban J connectivity index is 1.99. The lowest BCUT2D eigenvalue weighted by molar-refractivity contribution is -0.119. The number of carbonyl (C=O) groups excluding carboxylic acids is 1. The molecule has 2 aromatic carbocycles. The largest absolute Gasteiger partial charge is 0.495 e. The summed E-state index contributed by atoms with van der Waals surface area (Å²) in [4.78, 5) is 40.4. The topological polar surface area (TPSA) is 102 Å². The highest BCUT2D eigenvalue weighted by atomic mass is 35.5. The van der Waals surface area contributed by atoms with Crippen molar-refractivity contribution < 1.29 is 14.3 Å². The summed E-state index contributed by atoms with van der Waals surface area (Å²) in [5, 5.41) is 3.22. The molecule has 146 valence electrons. The molecule has 1 atom stereocenters. The van der Waals surface area contributed by atoms with E-state index in [1.165, 1.54) is 33.3 Å². The van der Waals surface area contributed by atoms with E-state index in [1.807, 2.05) is 0 Å². The number of aromatic nitrogens is 2. The summed E-state index contributed by atoms with van der Waals surface area (Å²) in [7, 11) is 2.89. The molecule has 0 aliphatic carbocycles. The maximum Gasteiger partial charge on any atom is 0.329 e. The van der Waals surface area contributed by atoms with Crippen molar-refractivity contribution in [3.05, 3.63) is 62.3 Å². The van der Waals surface area contributed by atoms with Crippen LogP contribution in [-0.4, -0.2) is 29.7 Å². The van der Waals surface area contributed by atoms with E-state index in [0.29, 0.717) is 22.4 Å². The van der Waals surface area contributed by atoms with Gasteiger partial charge >= 0.3 is 5.69 Å². The number of carbonyl (C=O) groups is 1. The van der Waals surface area contributed by atoms with Crippen LogP contribution >= 0.6 is 11.6 Å². The van der Waals surface area contributed by atoms with Crippen LogP contribution in [0.25, 0.3) is 10.9 Å². The number of nitrogens with one attached hydrogen (secondary N) is 2. The SMILES string of the molecule is COc1cc(OC)c(NC(=O)C(C)n2c(=O)[nH]c3ccccc3c2=O)cc1Cl. The average molecular weight is 404 g/mol. The summed E-state index contributed by atoms with van der Waals surface area (Å²) in [6.45, 7) is 1.46. The van der Waals surface area contributed by atoms with Crippen LogP contribution in [0, 0.1) is 0 Å². The smallest absolute Gasteiger partial charge is 0.329 e. The molecule has 3 rings (SSSR count). The van der Waals surface area contributed by atoms with E-state index >= 15 is 0 Å². The van der Waals surface area contributed by atoms with Crippen molar-refractivity contribution in [2.75, 3.05) is 19.5 Å². The molecular formula is C19H18ClN3O5. The van der Waals surface area contributed by atoms with Gasteiger partial charge in [0.2, 0.25) is 5.91 Å². The minimum atomic E-state index is -1.08. The van der Waals surface area contributed by atoms with E-state index in [4.69, 9.17) is 21.1 Å². The van der Waals surface area contributed by atoms with Gasteiger partial charge in [0.25, 0.3) is 5.56 Å². The first-order chi connectivity index (χ1) is 13.4. The highest BCUT2D eigenvalue weighted by Gasteiger charge is 2.22. The van der Waals surface area contributed by atoms with Gasteiger partial charge in [-0.2, -0.15) is 0 Å². The molecule has 0 radical (unpaired) electrons. The minimum Gasteiger partial charge on any atom is -0.495 e. The number of hydrogen-bond acceptors (Lipinski definition) is 5. The number of anilines is 1. The third-order valence-corrected chi connectivity index (χ3v) is 4.63. The van der Waals surface area contributed by atoms with Gasteiger partial charge in [-0.15, -0.1) is 0 Å². The number of nitrogens with zero attached hydrogens (tertiary/aromatic N) is 1. The number of hydrogen-bond donors (Lipinski definition) is 2. The zero-order chi connectivity index (χ0) is 20.4. The van der Waals surface area contributed by atoms with Crippen molar-refractivity contribution in [3.8, 4) is 11.5 Å². The first kappa shape index (κ1) is 19.5. The molecule has 0 aliphatic rings. The average Bonchev–Trinajstić information content (AvgIpc) is 2.68. The van der Waals surface area contributed by atoms with Crippen LogP contribution < -0.4 is 26.0 Å². The summed E-state index contributed by atoms with van der Waals surface area (Å²) in [5.41, 5.74) is -0.534. The molecule has 1 aromatic heterocycles. The third-order valence-electron chi connectivity index (χ3n) is 4.34. The second kappa shape index (κ2) is 7.77. The molecule has 1 amide bonds. The van der Waals surface area contributed by atoms with E-state index in [9.17, 15) is 14.4 Å². The van der Waals surface area contributed by atoms with Gasteiger partial charge in [0.05, 0.1) is 35.8 Å². The van der Waals surface area contributed by atoms with Crippen molar-refractivity contribution in [2.24, 2.45) is 0 Å². The molecule has 9 heteroatoms. The van der Waals surface area contributed by atoms with Crippen molar-refractivity contribution >= 4 is 34.1 Å². The maximum absolute atomic E-state index is 12.7. The van der Waals surface area contributed by atoms with Crippen LogP contribution in [0.3, 0.4) is 0 Å². The fourth-order valence-corrected chi connectivity index (χ4v) is 3.08. The van der Waals surface area contributed by atoms with Gasteiger partial charge in [-0.1, -0.05) is 23.7 Å². The van der Waals surface area contributed by atoms with Crippen molar-refractivity contribution in [2.45, 2.75) is 13.0 Å². The lowest BCUT2D eigenvalue weighted by Crippen LogP contribution is -2.41. The first-order valence-corrected chi connectivity index (χ1v) is 8.71. The van der Waals surface area contributed by atoms with E-state index in [0.717, 1.165) is 4.57 Å². The predicted octanol–water partition coefficient (Wildman–Crippen LogP) is 2.56. The predicted molar refractivity (Wildman–Crippen MR) is 107 cm³/mol. The lowest BCUT2D eigenvalue weighted by atomic mass is 10.2. The number of halogens is 1. The van der Waals surface area contributed by atoms with Gasteiger partial charge in [-0.3, -0.25) is 9.59 Å². The van der Waals surface area contributed by atoms with Gasteiger partial charge in [0.1, 0.15) is 17.5 Å². The van der Waals surface area contributed by atoms with Gasteiger partial charge in [0.15, 0.2) is 0 Å². The maximum atomic E-state index is 12.7. The Morgan fingerprint density at radius 2 is 1.82 bits per heavy atom. The van der Waals surface area contributed by atoms with Crippen LogP contribution in [-0.2, 0) is 4.79 Å². The zero-order valence-corrected chi connectivity index (χ0v) is 16.2. The second-order valence-electron chi connectivity index (χ2n) is 6.00. The normalized spacial score (nSPS) is 11.9. The molecule has 3 aromatic rings. The van der Waals surface area contributed by atoms with E-state index in [1.54, 1.807) is 24.3 Å². The van der Waals surface area contributed by atoms with E-state index < -0.39 is 23.2 Å². The number of fused-ring (bicyclic) bond motifs is 1. The molecule has 0 saturated carbocycles. The molecule has 1 heterocycles. The van der Waals surface area contributed by atoms with Crippen LogP contribution in [0.5, 0.6) is 11.5 Å². The Morgan fingerprint density at radius 3 is 2.50 bits per heavy atom. The summed E-state index contributed by atoms with van der Waals surface area (Å²) in [5.74, 6) is 0.121. The van der Waals surface area contributed by atoms with Crippen molar-refractivity contribution in [1.29, 1.82) is 0 Å². The van der Waals surface area contributed by atoms with Crippen LogP contribution in [0.1, 0.15) is 13.0 Å². The number of H-pyrrole nitrogens is 1. The Hall–Kier alpha value is -3.26. The zero-order valence-electron chi connectivity index (χ0n) is 15.4. The fraction of sp³-hybridized carbons (Fsp3) is 0.211. The van der Waals surface area contributed by atoms with Gasteiger partial charge in [-0.25, -0.2) is 9.36 Å². The highest BCUT2D eigenvalue weighted by molar-refractivity contribution is 6.32. The number of ether oxygens (including phenoxy) is 2. The molecule has 2 N–H and O–H groups in total. The van der Waals surface area contributed by atoms with Crippen LogP contribution in [0.2, 0.25) is 5.02 Å². The summed E-state index contributed by atoms with van der Waals surface area (Å²) in [6.07, 6.45) is 0. The number of methoxy groups -OCH3 is 2. The van der Waals surface area contributed by atoms with Gasteiger partial charge < -0.3 is 19.8 Å². The molecule has 0 fully saturated rings. The Kier molecular flexibility index (Phi) is 5.41. The molecule has 0 aliphatic heterocycles. The Labute approximate surface area is 164 Å². The fourth-order valence-electron chi connectivity index (χ4n) is 2.84. The van der Waals surface area contributed by atoms with Crippen molar-refractivity contribution in [1.82, 2.24) is 9.55 Å². The van der Waals surface area contributed by atoms with Crippen LogP contribution in [0.15, 0.2) is 46.0 Å². The Bertz CT molecular complexity index is 1170. The molecular weight excluding hydrogens is 386 g/mol. The highest BCUT2D eigenvalue weighted by Crippen LogP contribution is 2.36. The summed E-state index contributed by atoms with van der Waals surface area (Å²) >= 11 is 6.11. The number of aromatic amines is 1. The van der Waals surface area contributed by atoms with Crippen LogP contribution in [0.4, 0.5) is 5.69 Å². The summed E-state index contributed by atoms with van der Waals surface area (Å²) < 4.78 is 11.2. The molecule has 8 nitrogen and oxygen atoms in total. The monoisotopic (exact) mass is 403 g/mol. The second-order valence-corrected chi connectivity index (χ2v) is 6.41. The molecule has 28 heavy (non-hydrogen) atoms. The minimum absolute atomic E-state index is 0.270. The van der Waals surface area contributed by atoms with Gasteiger partial charge in [-0.05, 0) is 25.1 Å². The molecule has 0 saturated heterocycles. The lowest BCUT2D eigenvalue weighted by Gasteiger charge is -2.17. The number of benzene rings is 2. The van der Waals surface area contributed by atoms with E-state index in [2.05, 4.69) is 10.3 Å². The van der Waals surface area contributed by atoms with Crippen molar-refractivity contribution in [3.63, 3.8) is 0 Å². The first-order valence-electron chi connectivity index (χ1n) is 8.33. The standard InChI is InChI=1S/C19H18ClN3O5/c1-10(23-18(25)11-6-4-5-7-13(11)22-19(23)26)17(24)21-14-8-12(20)15(27-2)9-16(14)28-3/h4-10H,1-3H3,(H,21,24)(H,22,26). The number of para-hydroxylation sites is 1. The molecule has 0 bridgehead atoms. The van der Waals surface area contributed by atoms with Gasteiger partial charge in [0, 0.05) is 6.07 Å². The van der Waals surface area contributed by atoms with E-state index in [-0.39, 0.29) is 10.7 Å². The quantitative estimate of drug-likeness (QED) is 0.681. The molecule has 1 unspecified atom stereocenters.